The molecule has 82 valence electrons. The number of nitrogens with zero attached hydrogens (tertiary/aromatic N) is 1. The third kappa shape index (κ3) is 2.43. The van der Waals surface area contributed by atoms with Crippen LogP contribution in [-0.4, -0.2) is 7.05 Å². The quantitative estimate of drug-likeness (QED) is 0.716. The molecule has 0 unspecified atom stereocenters. The number of rotatable bonds is 2. The Morgan fingerprint density at radius 1 is 1.12 bits per heavy atom. The highest BCUT2D eigenvalue weighted by Crippen LogP contribution is 2.20. The second-order valence-electron chi connectivity index (χ2n) is 4.10. The van der Waals surface area contributed by atoms with E-state index in [1.165, 1.54) is 17.0 Å². The Bertz CT molecular complexity index is 438. The summed E-state index contributed by atoms with van der Waals surface area (Å²) in [4.78, 5) is 2.21. The lowest BCUT2D eigenvalue weighted by Crippen LogP contribution is -2.14. The second-order valence-corrected chi connectivity index (χ2v) is 4.10. The Kier molecular flexibility index (Phi) is 3.25. The first-order chi connectivity index (χ1) is 7.77. The van der Waals surface area contributed by atoms with Gasteiger partial charge in [0.25, 0.3) is 0 Å². The van der Waals surface area contributed by atoms with E-state index < -0.39 is 0 Å². The molecule has 1 aliphatic carbocycles. The molecule has 1 heteroatoms. The van der Waals surface area contributed by atoms with E-state index in [9.17, 15) is 0 Å². The molecule has 0 aromatic heterocycles. The summed E-state index contributed by atoms with van der Waals surface area (Å²) in [5.74, 6) is 0. The van der Waals surface area contributed by atoms with E-state index in [0.29, 0.717) is 0 Å². The van der Waals surface area contributed by atoms with Gasteiger partial charge in [-0.2, -0.15) is 0 Å². The van der Waals surface area contributed by atoms with Gasteiger partial charge in [-0.15, -0.1) is 0 Å². The van der Waals surface area contributed by atoms with Gasteiger partial charge in [0.2, 0.25) is 0 Å². The van der Waals surface area contributed by atoms with E-state index in [2.05, 4.69) is 67.4 Å². The molecule has 16 heavy (non-hydrogen) atoms. The highest BCUT2D eigenvalue weighted by Gasteiger charge is 2.04. The largest absolute Gasteiger partial charge is 0.345 e. The van der Waals surface area contributed by atoms with Crippen molar-refractivity contribution in [2.24, 2.45) is 0 Å². The Labute approximate surface area is 97.4 Å². The molecule has 0 aliphatic heterocycles. The molecule has 1 nitrogen and oxygen atoms in total. The van der Waals surface area contributed by atoms with Crippen LogP contribution in [0.25, 0.3) is 0 Å². The minimum atomic E-state index is 1.03. The van der Waals surface area contributed by atoms with Gasteiger partial charge in [-0.3, -0.25) is 0 Å². The molecule has 0 fully saturated rings. The van der Waals surface area contributed by atoms with Gasteiger partial charge in [0.1, 0.15) is 0 Å². The normalized spacial score (nSPS) is 15.1. The van der Waals surface area contributed by atoms with Gasteiger partial charge < -0.3 is 4.90 Å². The molecule has 0 saturated carbocycles. The summed E-state index contributed by atoms with van der Waals surface area (Å²) in [5, 5.41) is 0. The van der Waals surface area contributed by atoms with Crippen LogP contribution in [0.5, 0.6) is 0 Å². The lowest BCUT2D eigenvalue weighted by Gasteiger charge is -2.20. The van der Waals surface area contributed by atoms with Gasteiger partial charge in [-0.1, -0.05) is 42.0 Å². The summed E-state index contributed by atoms with van der Waals surface area (Å²) < 4.78 is 0. The van der Waals surface area contributed by atoms with Crippen LogP contribution in [0, 0.1) is 0 Å². The molecule has 1 aliphatic rings. The van der Waals surface area contributed by atoms with Gasteiger partial charge in [-0.05, 0) is 31.6 Å². The van der Waals surface area contributed by atoms with Crippen molar-refractivity contribution < 1.29 is 0 Å². The fraction of sp³-hybridized carbons (Fsp3) is 0.200. The Morgan fingerprint density at radius 2 is 1.88 bits per heavy atom. The Hall–Kier alpha value is -1.76. The molecule has 1 aromatic rings. The number of anilines is 1. The molecule has 0 bridgehead atoms. The van der Waals surface area contributed by atoms with E-state index in [-0.39, 0.29) is 0 Å². The average Bonchev–Trinajstić information content (AvgIpc) is 2.54. The molecule has 0 spiro atoms. The van der Waals surface area contributed by atoms with Crippen molar-refractivity contribution >= 4 is 5.69 Å². The van der Waals surface area contributed by atoms with Crippen molar-refractivity contribution in [1.29, 1.82) is 0 Å². The van der Waals surface area contributed by atoms with Gasteiger partial charge in [0.15, 0.2) is 0 Å². The number of allylic oxidation sites excluding steroid dienone is 5. The van der Waals surface area contributed by atoms with Gasteiger partial charge in [-0.25, -0.2) is 0 Å². The number of hydrogen-bond donors (Lipinski definition) is 0. The zero-order valence-electron chi connectivity index (χ0n) is 9.85. The first kappa shape index (κ1) is 10.7. The van der Waals surface area contributed by atoms with Crippen molar-refractivity contribution in [1.82, 2.24) is 0 Å². The molecule has 0 radical (unpaired) electrons. The standard InChI is InChI=1S/C15H17N/c1-13-7-6-10-15(12-11-13)16(2)14-8-4-3-5-9-14/h3-10,12H,11H2,1-2H3. The van der Waals surface area contributed by atoms with Crippen LogP contribution in [0.1, 0.15) is 13.3 Å². The van der Waals surface area contributed by atoms with Crippen LogP contribution in [0.2, 0.25) is 0 Å². The fourth-order valence-corrected chi connectivity index (χ4v) is 1.76. The summed E-state index contributed by atoms with van der Waals surface area (Å²) >= 11 is 0. The van der Waals surface area contributed by atoms with Crippen LogP contribution in [0.15, 0.2) is 65.9 Å². The number of benzene rings is 1. The lowest BCUT2D eigenvalue weighted by atomic mass is 10.2. The monoisotopic (exact) mass is 211 g/mol. The first-order valence-electron chi connectivity index (χ1n) is 5.60. The number of likely N-dealkylation sites (N-methyl/N-ethyl adjacent to an activating group) is 1. The van der Waals surface area contributed by atoms with E-state index in [0.717, 1.165) is 6.42 Å². The Morgan fingerprint density at radius 3 is 2.62 bits per heavy atom. The molecule has 0 N–H and O–H groups in total. The fourth-order valence-electron chi connectivity index (χ4n) is 1.76. The minimum Gasteiger partial charge on any atom is -0.345 e. The SMILES string of the molecule is CC1=CC=CC(N(C)c2ccccc2)=CC1. The molecule has 1 aromatic carbocycles. The van der Waals surface area contributed by atoms with Crippen LogP contribution in [-0.2, 0) is 0 Å². The van der Waals surface area contributed by atoms with Crippen molar-refractivity contribution in [2.75, 3.05) is 11.9 Å². The summed E-state index contributed by atoms with van der Waals surface area (Å²) in [5.41, 5.74) is 3.87. The van der Waals surface area contributed by atoms with Crippen molar-refractivity contribution in [3.8, 4) is 0 Å². The maximum absolute atomic E-state index is 2.27. The highest BCUT2D eigenvalue weighted by molar-refractivity contribution is 5.54. The van der Waals surface area contributed by atoms with Crippen LogP contribution in [0.3, 0.4) is 0 Å². The summed E-state index contributed by atoms with van der Waals surface area (Å²) in [6.07, 6.45) is 9.74. The maximum Gasteiger partial charge on any atom is 0.0407 e. The van der Waals surface area contributed by atoms with Crippen LogP contribution in [0.4, 0.5) is 5.69 Å². The number of hydrogen-bond acceptors (Lipinski definition) is 1. The van der Waals surface area contributed by atoms with Crippen molar-refractivity contribution in [2.45, 2.75) is 13.3 Å². The predicted octanol–water partition coefficient (Wildman–Crippen LogP) is 3.91. The Balaban J connectivity index is 2.21. The van der Waals surface area contributed by atoms with E-state index >= 15 is 0 Å². The van der Waals surface area contributed by atoms with Crippen LogP contribution >= 0.6 is 0 Å². The third-order valence-corrected chi connectivity index (χ3v) is 2.81. The van der Waals surface area contributed by atoms with E-state index in [1.54, 1.807) is 0 Å². The third-order valence-electron chi connectivity index (χ3n) is 2.81. The van der Waals surface area contributed by atoms with Crippen molar-refractivity contribution in [3.63, 3.8) is 0 Å². The highest BCUT2D eigenvalue weighted by atomic mass is 15.1. The van der Waals surface area contributed by atoms with Crippen LogP contribution < -0.4 is 4.90 Å². The lowest BCUT2D eigenvalue weighted by molar-refractivity contribution is 1.10. The second kappa shape index (κ2) is 4.84. The maximum atomic E-state index is 2.27. The zero-order valence-corrected chi connectivity index (χ0v) is 9.85. The molecule has 0 atom stereocenters. The molecular formula is C15H17N. The van der Waals surface area contributed by atoms with E-state index in [4.69, 9.17) is 0 Å². The first-order valence-corrected chi connectivity index (χ1v) is 5.60. The molecule has 0 amide bonds. The van der Waals surface area contributed by atoms with Crippen molar-refractivity contribution in [3.05, 3.63) is 65.9 Å². The summed E-state index contributed by atoms with van der Waals surface area (Å²) in [6, 6.07) is 10.4. The van der Waals surface area contributed by atoms with Gasteiger partial charge in [0, 0.05) is 18.4 Å². The van der Waals surface area contributed by atoms with Gasteiger partial charge in [0.05, 0.1) is 0 Å². The smallest absolute Gasteiger partial charge is 0.0407 e. The predicted molar refractivity (Wildman–Crippen MR) is 70.4 cm³/mol. The van der Waals surface area contributed by atoms with E-state index in [1.807, 2.05) is 6.07 Å². The summed E-state index contributed by atoms with van der Waals surface area (Å²) in [6.45, 7) is 2.16. The molecular weight excluding hydrogens is 194 g/mol. The van der Waals surface area contributed by atoms with Gasteiger partial charge >= 0.3 is 0 Å². The topological polar surface area (TPSA) is 3.24 Å². The molecule has 2 rings (SSSR count). The number of para-hydroxylation sites is 1. The summed E-state index contributed by atoms with van der Waals surface area (Å²) in [7, 11) is 2.10. The minimum absolute atomic E-state index is 1.03. The molecule has 0 heterocycles. The zero-order chi connectivity index (χ0) is 11.4. The molecule has 0 saturated heterocycles. The average molecular weight is 211 g/mol.